The molecule has 0 unspecified atom stereocenters. The molecular weight excluding hydrogens is 122 g/mol. The third-order valence-electron chi connectivity index (χ3n) is 0.657. The summed E-state index contributed by atoms with van der Waals surface area (Å²) in [5.41, 5.74) is 0. The van der Waals surface area contributed by atoms with Gasteiger partial charge in [-0.15, -0.1) is 12.6 Å². The van der Waals surface area contributed by atoms with Crippen molar-refractivity contribution < 1.29 is 4.84 Å². The Morgan fingerprint density at radius 2 is 2.25 bits per heavy atom. The molecule has 0 saturated carbocycles. The summed E-state index contributed by atoms with van der Waals surface area (Å²) in [7, 11) is 3.41. The van der Waals surface area contributed by atoms with Crippen molar-refractivity contribution in [2.45, 2.75) is 6.92 Å². The molecule has 0 aromatic rings. The topological polar surface area (TPSA) is 12.5 Å². The van der Waals surface area contributed by atoms with Gasteiger partial charge in [0.15, 0.2) is 0 Å². The second kappa shape index (κ2) is 3.80. The molecule has 3 heteroatoms. The van der Waals surface area contributed by atoms with E-state index in [1.165, 1.54) is 0 Å². The van der Waals surface area contributed by atoms with Crippen molar-refractivity contribution in [2.24, 2.45) is 0 Å². The highest BCUT2D eigenvalue weighted by atomic mass is 32.1. The van der Waals surface area contributed by atoms with Crippen LogP contribution in [0.15, 0.2) is 11.1 Å². The quantitative estimate of drug-likeness (QED) is 0.450. The molecule has 0 bridgehead atoms. The molecule has 0 amide bonds. The van der Waals surface area contributed by atoms with E-state index < -0.39 is 0 Å². The summed E-state index contributed by atoms with van der Waals surface area (Å²) in [6.07, 6.45) is 1.78. The average molecular weight is 133 g/mol. The van der Waals surface area contributed by atoms with Crippen LogP contribution in [-0.4, -0.2) is 19.2 Å². The lowest BCUT2D eigenvalue weighted by Crippen LogP contribution is -2.07. The lowest BCUT2D eigenvalue weighted by atomic mass is 10.7. The standard InChI is InChI=1S/C5H11NOS/c1-5(8)4-6(2)7-3/h4,8H,1-3H3/b5-4-. The summed E-state index contributed by atoms with van der Waals surface area (Å²) >= 11 is 4.03. The number of hydroxylamine groups is 2. The SMILES string of the molecule is CON(C)/C=C(/C)S. The number of rotatable bonds is 2. The molecule has 0 heterocycles. The Morgan fingerprint density at radius 1 is 1.75 bits per heavy atom. The van der Waals surface area contributed by atoms with Gasteiger partial charge in [-0.1, -0.05) is 0 Å². The fourth-order valence-corrected chi connectivity index (χ4v) is 0.478. The Bertz CT molecular complexity index is 88.4. The third kappa shape index (κ3) is 4.02. The Morgan fingerprint density at radius 3 is 2.38 bits per heavy atom. The summed E-state index contributed by atoms with van der Waals surface area (Å²) in [5.74, 6) is 0. The van der Waals surface area contributed by atoms with E-state index in [1.54, 1.807) is 25.4 Å². The molecule has 48 valence electrons. The molecule has 0 aromatic heterocycles. The molecule has 8 heavy (non-hydrogen) atoms. The van der Waals surface area contributed by atoms with E-state index in [9.17, 15) is 0 Å². The Hall–Kier alpha value is -0.150. The molecule has 0 aliphatic rings. The molecule has 0 radical (unpaired) electrons. The number of thiol groups is 1. The molecule has 0 aliphatic carbocycles. The van der Waals surface area contributed by atoms with Gasteiger partial charge in [0.1, 0.15) is 0 Å². The van der Waals surface area contributed by atoms with Gasteiger partial charge in [-0.3, -0.25) is 9.90 Å². The van der Waals surface area contributed by atoms with Gasteiger partial charge in [0.2, 0.25) is 0 Å². The Labute approximate surface area is 55.5 Å². The van der Waals surface area contributed by atoms with E-state index in [-0.39, 0.29) is 0 Å². The fourth-order valence-electron chi connectivity index (χ4n) is 0.316. The van der Waals surface area contributed by atoms with Crippen LogP contribution < -0.4 is 0 Å². The minimum absolute atomic E-state index is 0.925. The summed E-state index contributed by atoms with van der Waals surface area (Å²) in [4.78, 5) is 5.69. The highest BCUT2D eigenvalue weighted by Crippen LogP contribution is 1.97. The summed E-state index contributed by atoms with van der Waals surface area (Å²) in [5, 5.41) is 1.59. The number of hydrogen-bond acceptors (Lipinski definition) is 3. The van der Waals surface area contributed by atoms with Gasteiger partial charge < -0.3 is 0 Å². The van der Waals surface area contributed by atoms with Crippen molar-refractivity contribution >= 4 is 12.6 Å². The van der Waals surface area contributed by atoms with Gasteiger partial charge in [0, 0.05) is 13.2 Å². The minimum Gasteiger partial charge on any atom is -0.278 e. The van der Waals surface area contributed by atoms with Crippen molar-refractivity contribution in [1.29, 1.82) is 0 Å². The smallest absolute Gasteiger partial charge is 0.0638 e. The first-order chi connectivity index (χ1) is 3.66. The van der Waals surface area contributed by atoms with Crippen molar-refractivity contribution in [3.05, 3.63) is 11.1 Å². The first-order valence-electron chi connectivity index (χ1n) is 2.31. The summed E-state index contributed by atoms with van der Waals surface area (Å²) in [6, 6.07) is 0. The highest BCUT2D eigenvalue weighted by molar-refractivity contribution is 7.84. The molecule has 0 fully saturated rings. The van der Waals surface area contributed by atoms with Crippen LogP contribution in [0.3, 0.4) is 0 Å². The van der Waals surface area contributed by atoms with Crippen LogP contribution >= 0.6 is 12.6 Å². The Kier molecular flexibility index (Phi) is 3.73. The van der Waals surface area contributed by atoms with Crippen molar-refractivity contribution in [3.8, 4) is 0 Å². The number of hydrogen-bond donors (Lipinski definition) is 1. The third-order valence-corrected chi connectivity index (χ3v) is 0.772. The molecule has 0 aromatic carbocycles. The fraction of sp³-hybridized carbons (Fsp3) is 0.600. The van der Waals surface area contributed by atoms with Crippen LogP contribution in [0, 0.1) is 0 Å². The number of allylic oxidation sites excluding steroid dienone is 1. The van der Waals surface area contributed by atoms with Crippen LogP contribution in [0.5, 0.6) is 0 Å². The van der Waals surface area contributed by atoms with Crippen molar-refractivity contribution in [3.63, 3.8) is 0 Å². The van der Waals surface area contributed by atoms with Gasteiger partial charge in [-0.2, -0.15) is 0 Å². The maximum Gasteiger partial charge on any atom is 0.0638 e. The molecule has 2 nitrogen and oxygen atoms in total. The van der Waals surface area contributed by atoms with E-state index in [0.717, 1.165) is 4.91 Å². The second-order valence-corrected chi connectivity index (χ2v) is 2.20. The van der Waals surface area contributed by atoms with Crippen LogP contribution in [-0.2, 0) is 4.84 Å². The van der Waals surface area contributed by atoms with Crippen LogP contribution in [0.25, 0.3) is 0 Å². The first-order valence-corrected chi connectivity index (χ1v) is 2.76. The van der Waals surface area contributed by atoms with Gasteiger partial charge in [-0.25, -0.2) is 0 Å². The van der Waals surface area contributed by atoms with E-state index >= 15 is 0 Å². The van der Waals surface area contributed by atoms with Gasteiger partial charge in [0.05, 0.1) is 7.11 Å². The molecule has 0 spiro atoms. The zero-order valence-electron chi connectivity index (χ0n) is 5.38. The monoisotopic (exact) mass is 133 g/mol. The van der Waals surface area contributed by atoms with Crippen molar-refractivity contribution in [2.75, 3.05) is 14.2 Å². The number of nitrogens with zero attached hydrogens (tertiary/aromatic N) is 1. The zero-order chi connectivity index (χ0) is 6.57. The predicted molar refractivity (Wildman–Crippen MR) is 37.5 cm³/mol. The van der Waals surface area contributed by atoms with Gasteiger partial charge >= 0.3 is 0 Å². The maximum atomic E-state index is 4.77. The van der Waals surface area contributed by atoms with E-state index in [0.29, 0.717) is 0 Å². The van der Waals surface area contributed by atoms with Crippen molar-refractivity contribution in [1.82, 2.24) is 5.06 Å². The van der Waals surface area contributed by atoms with Crippen LogP contribution in [0.4, 0.5) is 0 Å². The van der Waals surface area contributed by atoms with E-state index in [4.69, 9.17) is 4.84 Å². The normalized spacial score (nSPS) is 11.8. The zero-order valence-corrected chi connectivity index (χ0v) is 6.27. The van der Waals surface area contributed by atoms with Crippen LogP contribution in [0.1, 0.15) is 6.92 Å². The molecule has 0 atom stereocenters. The first kappa shape index (κ1) is 7.85. The van der Waals surface area contributed by atoms with E-state index in [2.05, 4.69) is 12.6 Å². The molecule has 0 saturated heterocycles. The van der Waals surface area contributed by atoms with Gasteiger partial charge in [0.25, 0.3) is 0 Å². The molecule has 0 N–H and O–H groups in total. The Balaban J connectivity index is 3.51. The molecule has 0 rings (SSSR count). The largest absolute Gasteiger partial charge is 0.278 e. The molecule has 0 aliphatic heterocycles. The van der Waals surface area contributed by atoms with Crippen LogP contribution in [0.2, 0.25) is 0 Å². The lowest BCUT2D eigenvalue weighted by Gasteiger charge is -2.08. The summed E-state index contributed by atoms with van der Waals surface area (Å²) < 4.78 is 0. The van der Waals surface area contributed by atoms with E-state index in [1.807, 2.05) is 6.92 Å². The summed E-state index contributed by atoms with van der Waals surface area (Å²) in [6.45, 7) is 1.89. The second-order valence-electron chi connectivity index (χ2n) is 1.50. The minimum atomic E-state index is 0.925. The predicted octanol–water partition coefficient (Wildman–Crippen LogP) is 1.27. The average Bonchev–Trinajstić information content (AvgIpc) is 1.65. The lowest BCUT2D eigenvalue weighted by molar-refractivity contribution is -0.0647. The maximum absolute atomic E-state index is 4.77. The highest BCUT2D eigenvalue weighted by Gasteiger charge is 1.83. The molecular formula is C5H11NOS. The van der Waals surface area contributed by atoms with Gasteiger partial charge in [-0.05, 0) is 11.8 Å².